The van der Waals surface area contributed by atoms with E-state index in [0.29, 0.717) is 16.1 Å². The minimum absolute atomic E-state index is 0.00153. The highest BCUT2D eigenvalue weighted by Crippen LogP contribution is 2.22. The minimum Gasteiger partial charge on any atom is -0.218 e. The van der Waals surface area contributed by atoms with Crippen LogP contribution in [-0.2, 0) is 9.84 Å². The number of nitrogens with zero attached hydrogens (tertiary/aromatic N) is 2. The molecule has 0 aliphatic heterocycles. The Morgan fingerprint density at radius 3 is 2.09 bits per heavy atom. The van der Waals surface area contributed by atoms with Gasteiger partial charge in [-0.1, -0.05) is 23.7 Å². The first-order valence-corrected chi connectivity index (χ1v) is 7.96. The van der Waals surface area contributed by atoms with Crippen LogP contribution in [0, 0.1) is 22.7 Å². The standard InChI is InChI=1S/C16H9ClN2O2S/c17-14-5-7-15(8-6-14)22(20,21)16(11-19)9-12-1-3-13(10-18)4-2-12/h1-9H/b16-9+. The van der Waals surface area contributed by atoms with Crippen molar-refractivity contribution >= 4 is 27.5 Å². The third kappa shape index (κ3) is 3.35. The fraction of sp³-hybridized carbons (Fsp3) is 0. The van der Waals surface area contributed by atoms with Crippen molar-refractivity contribution in [1.82, 2.24) is 0 Å². The van der Waals surface area contributed by atoms with Crippen molar-refractivity contribution in [2.24, 2.45) is 0 Å². The highest BCUT2D eigenvalue weighted by molar-refractivity contribution is 7.95. The van der Waals surface area contributed by atoms with Gasteiger partial charge in [0, 0.05) is 5.02 Å². The lowest BCUT2D eigenvalue weighted by Crippen LogP contribution is -2.03. The van der Waals surface area contributed by atoms with Gasteiger partial charge in [-0.2, -0.15) is 10.5 Å². The Bertz CT molecular complexity index is 901. The van der Waals surface area contributed by atoms with E-state index < -0.39 is 9.84 Å². The molecule has 0 aliphatic rings. The van der Waals surface area contributed by atoms with Crippen molar-refractivity contribution < 1.29 is 8.42 Å². The summed E-state index contributed by atoms with van der Waals surface area (Å²) in [6.07, 6.45) is 1.27. The van der Waals surface area contributed by atoms with Crippen molar-refractivity contribution in [2.75, 3.05) is 0 Å². The number of allylic oxidation sites excluding steroid dienone is 1. The van der Waals surface area contributed by atoms with Crippen molar-refractivity contribution in [1.29, 1.82) is 10.5 Å². The summed E-state index contributed by atoms with van der Waals surface area (Å²) in [5.74, 6) is 0. The second-order valence-corrected chi connectivity index (χ2v) is 6.67. The van der Waals surface area contributed by atoms with Gasteiger partial charge in [0.25, 0.3) is 0 Å². The van der Waals surface area contributed by atoms with Gasteiger partial charge < -0.3 is 0 Å². The van der Waals surface area contributed by atoms with Crippen molar-refractivity contribution in [3.63, 3.8) is 0 Å². The zero-order chi connectivity index (χ0) is 16.2. The lowest BCUT2D eigenvalue weighted by molar-refractivity contribution is 0.603. The first-order valence-electron chi connectivity index (χ1n) is 6.10. The van der Waals surface area contributed by atoms with Gasteiger partial charge in [0.05, 0.1) is 16.5 Å². The van der Waals surface area contributed by atoms with Crippen LogP contribution in [0.25, 0.3) is 6.08 Å². The molecular weight excluding hydrogens is 320 g/mol. The number of rotatable bonds is 3. The Hall–Kier alpha value is -2.60. The van der Waals surface area contributed by atoms with Gasteiger partial charge >= 0.3 is 0 Å². The van der Waals surface area contributed by atoms with Crippen LogP contribution in [0.2, 0.25) is 5.02 Å². The molecule has 0 aromatic heterocycles. The summed E-state index contributed by atoms with van der Waals surface area (Å²) in [7, 11) is -3.91. The maximum Gasteiger partial charge on any atom is 0.216 e. The Labute approximate surface area is 133 Å². The maximum absolute atomic E-state index is 12.4. The third-order valence-corrected chi connectivity index (χ3v) is 4.79. The molecule has 0 heterocycles. The number of hydrogen-bond acceptors (Lipinski definition) is 4. The summed E-state index contributed by atoms with van der Waals surface area (Å²) < 4.78 is 24.8. The molecular formula is C16H9ClN2O2S. The Morgan fingerprint density at radius 1 is 1.00 bits per heavy atom. The first-order chi connectivity index (χ1) is 10.5. The molecule has 0 fully saturated rings. The fourth-order valence-corrected chi connectivity index (χ4v) is 3.00. The molecule has 2 rings (SSSR count). The topological polar surface area (TPSA) is 81.7 Å². The summed E-state index contributed by atoms with van der Waals surface area (Å²) in [6, 6.07) is 15.5. The van der Waals surface area contributed by atoms with Crippen LogP contribution in [-0.4, -0.2) is 8.42 Å². The summed E-state index contributed by atoms with van der Waals surface area (Å²) in [6.45, 7) is 0. The van der Waals surface area contributed by atoms with E-state index >= 15 is 0 Å². The summed E-state index contributed by atoms with van der Waals surface area (Å²) in [5.41, 5.74) is 0.976. The van der Waals surface area contributed by atoms with E-state index in [1.54, 1.807) is 30.3 Å². The van der Waals surface area contributed by atoms with Crippen LogP contribution in [0.3, 0.4) is 0 Å². The Morgan fingerprint density at radius 2 is 1.59 bits per heavy atom. The van der Waals surface area contributed by atoms with E-state index in [4.69, 9.17) is 22.1 Å². The molecule has 0 atom stereocenters. The summed E-state index contributed by atoms with van der Waals surface area (Å²) in [4.78, 5) is -0.377. The molecule has 0 unspecified atom stereocenters. The van der Waals surface area contributed by atoms with Gasteiger partial charge in [-0.15, -0.1) is 0 Å². The Kier molecular flexibility index (Phi) is 4.62. The molecule has 0 N–H and O–H groups in total. The van der Waals surface area contributed by atoms with Crippen molar-refractivity contribution in [3.8, 4) is 12.1 Å². The lowest BCUT2D eigenvalue weighted by Gasteiger charge is -2.03. The molecule has 2 aromatic carbocycles. The first kappa shape index (κ1) is 15.8. The van der Waals surface area contributed by atoms with Crippen LogP contribution >= 0.6 is 11.6 Å². The predicted molar refractivity (Wildman–Crippen MR) is 83.4 cm³/mol. The van der Waals surface area contributed by atoms with E-state index in [1.807, 2.05) is 6.07 Å². The molecule has 0 amide bonds. The predicted octanol–water partition coefficient (Wildman–Crippen LogP) is 3.55. The molecule has 2 aromatic rings. The van der Waals surface area contributed by atoms with Crippen LogP contribution in [0.4, 0.5) is 0 Å². The highest BCUT2D eigenvalue weighted by atomic mass is 35.5. The summed E-state index contributed by atoms with van der Waals surface area (Å²) >= 11 is 5.73. The second-order valence-electron chi connectivity index (χ2n) is 4.31. The van der Waals surface area contributed by atoms with E-state index in [0.717, 1.165) is 0 Å². The molecule has 22 heavy (non-hydrogen) atoms. The van der Waals surface area contributed by atoms with Gasteiger partial charge in [0.1, 0.15) is 11.0 Å². The third-order valence-electron chi connectivity index (χ3n) is 2.86. The number of halogens is 1. The van der Waals surface area contributed by atoms with Gasteiger partial charge in [-0.05, 0) is 48.0 Å². The van der Waals surface area contributed by atoms with Crippen LogP contribution in [0.1, 0.15) is 11.1 Å². The second kappa shape index (κ2) is 6.44. The van der Waals surface area contributed by atoms with E-state index in [9.17, 15) is 8.42 Å². The average molecular weight is 329 g/mol. The maximum atomic E-state index is 12.4. The van der Waals surface area contributed by atoms with Crippen LogP contribution in [0.5, 0.6) is 0 Å². The van der Waals surface area contributed by atoms with Gasteiger partial charge in [-0.3, -0.25) is 0 Å². The molecule has 0 bridgehead atoms. The highest BCUT2D eigenvalue weighted by Gasteiger charge is 2.20. The quantitative estimate of drug-likeness (QED) is 0.807. The van der Waals surface area contributed by atoms with E-state index in [2.05, 4.69) is 0 Å². The van der Waals surface area contributed by atoms with Crippen LogP contribution in [0.15, 0.2) is 58.3 Å². The van der Waals surface area contributed by atoms with E-state index in [-0.39, 0.29) is 9.80 Å². The molecule has 4 nitrogen and oxygen atoms in total. The molecule has 0 saturated carbocycles. The van der Waals surface area contributed by atoms with Crippen molar-refractivity contribution in [2.45, 2.75) is 4.90 Å². The fourth-order valence-electron chi connectivity index (χ4n) is 1.72. The molecule has 0 aliphatic carbocycles. The van der Waals surface area contributed by atoms with Gasteiger partial charge in [0.2, 0.25) is 9.84 Å². The molecule has 0 spiro atoms. The normalized spacial score (nSPS) is 11.5. The zero-order valence-corrected chi connectivity index (χ0v) is 12.8. The van der Waals surface area contributed by atoms with Gasteiger partial charge in [0.15, 0.2) is 0 Å². The molecule has 0 saturated heterocycles. The summed E-state index contributed by atoms with van der Waals surface area (Å²) in [5, 5.41) is 18.3. The lowest BCUT2D eigenvalue weighted by atomic mass is 10.1. The molecule has 0 radical (unpaired) electrons. The van der Waals surface area contributed by atoms with E-state index in [1.165, 1.54) is 30.3 Å². The number of sulfone groups is 1. The number of benzene rings is 2. The van der Waals surface area contributed by atoms with Crippen molar-refractivity contribution in [3.05, 3.63) is 69.6 Å². The number of nitriles is 2. The monoisotopic (exact) mass is 328 g/mol. The SMILES string of the molecule is N#C/C(=C\c1ccc(C#N)cc1)S(=O)(=O)c1ccc(Cl)cc1. The Balaban J connectivity index is 2.46. The average Bonchev–Trinajstić information content (AvgIpc) is 2.53. The van der Waals surface area contributed by atoms with Gasteiger partial charge in [-0.25, -0.2) is 8.42 Å². The number of hydrogen-bond donors (Lipinski definition) is 0. The minimum atomic E-state index is -3.91. The zero-order valence-electron chi connectivity index (χ0n) is 11.2. The molecule has 108 valence electrons. The van der Waals surface area contributed by atoms with Crippen LogP contribution < -0.4 is 0 Å². The largest absolute Gasteiger partial charge is 0.218 e. The molecule has 6 heteroatoms. The smallest absolute Gasteiger partial charge is 0.216 e.